The van der Waals surface area contributed by atoms with Gasteiger partial charge in [0.25, 0.3) is 0 Å². The molecule has 0 aliphatic heterocycles. The van der Waals surface area contributed by atoms with Crippen LogP contribution in [0.5, 0.6) is 5.75 Å². The van der Waals surface area contributed by atoms with Gasteiger partial charge < -0.3 is 21.5 Å². The van der Waals surface area contributed by atoms with Gasteiger partial charge in [0.15, 0.2) is 0 Å². The number of aryl methyl sites for hydroxylation is 1. The predicted octanol–water partition coefficient (Wildman–Crippen LogP) is 3.73. The molecule has 3 rings (SSSR count). The smallest absolute Gasteiger partial charge is 0.143 e. The largest absolute Gasteiger partial charge is 0.487 e. The highest BCUT2D eigenvalue weighted by Crippen LogP contribution is 2.30. The molecule has 0 saturated carbocycles. The first-order valence-corrected chi connectivity index (χ1v) is 8.69. The van der Waals surface area contributed by atoms with Gasteiger partial charge in [0, 0.05) is 18.8 Å². The number of aromatic nitrogens is 1. The monoisotopic (exact) mass is 379 g/mol. The first-order chi connectivity index (χ1) is 13.4. The molecule has 0 saturated heterocycles. The summed E-state index contributed by atoms with van der Waals surface area (Å²) in [5, 5.41) is 11.7. The SMILES string of the molecule is CNc1c(C)cnc(N)c1C(=N)c1ccc(N)c(OCc2ccc(F)cc2)c1. The number of nitrogens with two attached hydrogens (primary N) is 2. The van der Waals surface area contributed by atoms with Crippen LogP contribution in [-0.4, -0.2) is 17.7 Å². The molecule has 0 bridgehead atoms. The van der Waals surface area contributed by atoms with Crippen molar-refractivity contribution in [1.29, 1.82) is 5.41 Å². The van der Waals surface area contributed by atoms with E-state index in [-0.39, 0.29) is 24.0 Å². The number of pyridine rings is 1. The van der Waals surface area contributed by atoms with Crippen LogP contribution >= 0.6 is 0 Å². The average Bonchev–Trinajstić information content (AvgIpc) is 2.69. The predicted molar refractivity (Wildman–Crippen MR) is 110 cm³/mol. The van der Waals surface area contributed by atoms with Gasteiger partial charge in [0.05, 0.1) is 22.6 Å². The zero-order valence-corrected chi connectivity index (χ0v) is 15.7. The number of halogens is 1. The van der Waals surface area contributed by atoms with E-state index in [4.69, 9.17) is 21.6 Å². The molecule has 0 spiro atoms. The van der Waals surface area contributed by atoms with Crippen LogP contribution in [0.3, 0.4) is 0 Å². The van der Waals surface area contributed by atoms with E-state index in [2.05, 4.69) is 10.3 Å². The van der Waals surface area contributed by atoms with Crippen LogP contribution in [0.25, 0.3) is 0 Å². The lowest BCUT2D eigenvalue weighted by molar-refractivity contribution is 0.308. The molecule has 6 nitrogen and oxygen atoms in total. The van der Waals surface area contributed by atoms with Gasteiger partial charge in [-0.2, -0.15) is 0 Å². The lowest BCUT2D eigenvalue weighted by atomic mass is 9.99. The molecule has 0 unspecified atom stereocenters. The molecule has 0 aliphatic rings. The zero-order chi connectivity index (χ0) is 20.3. The minimum absolute atomic E-state index is 0.213. The quantitative estimate of drug-likeness (QED) is 0.385. The van der Waals surface area contributed by atoms with E-state index < -0.39 is 0 Å². The third kappa shape index (κ3) is 3.88. The van der Waals surface area contributed by atoms with Gasteiger partial charge >= 0.3 is 0 Å². The molecule has 0 amide bonds. The number of nitrogen functional groups attached to an aromatic ring is 2. The van der Waals surface area contributed by atoms with Gasteiger partial charge in [-0.3, -0.25) is 5.41 Å². The molecule has 6 N–H and O–H groups in total. The molecule has 28 heavy (non-hydrogen) atoms. The van der Waals surface area contributed by atoms with Crippen molar-refractivity contribution in [2.24, 2.45) is 0 Å². The number of benzene rings is 2. The summed E-state index contributed by atoms with van der Waals surface area (Å²) in [5.74, 6) is 0.408. The fourth-order valence-electron chi connectivity index (χ4n) is 2.90. The van der Waals surface area contributed by atoms with Gasteiger partial charge in [-0.1, -0.05) is 18.2 Å². The number of hydrogen-bond acceptors (Lipinski definition) is 6. The average molecular weight is 379 g/mol. The van der Waals surface area contributed by atoms with E-state index in [9.17, 15) is 4.39 Å². The second-order valence-corrected chi connectivity index (χ2v) is 6.37. The first-order valence-electron chi connectivity index (χ1n) is 8.69. The van der Waals surface area contributed by atoms with Crippen molar-refractivity contribution < 1.29 is 9.13 Å². The van der Waals surface area contributed by atoms with E-state index in [0.717, 1.165) is 16.8 Å². The van der Waals surface area contributed by atoms with Gasteiger partial charge in [0.1, 0.15) is 24.0 Å². The summed E-state index contributed by atoms with van der Waals surface area (Å²) in [6, 6.07) is 11.2. The van der Waals surface area contributed by atoms with Gasteiger partial charge in [0.2, 0.25) is 0 Å². The van der Waals surface area contributed by atoms with Crippen molar-refractivity contribution in [2.45, 2.75) is 13.5 Å². The Morgan fingerprint density at radius 3 is 2.57 bits per heavy atom. The Kier molecular flexibility index (Phi) is 5.44. The Hall–Kier alpha value is -3.61. The molecule has 144 valence electrons. The lowest BCUT2D eigenvalue weighted by Gasteiger charge is -2.16. The molecule has 1 heterocycles. The second kappa shape index (κ2) is 7.96. The van der Waals surface area contributed by atoms with Crippen molar-refractivity contribution in [3.63, 3.8) is 0 Å². The van der Waals surface area contributed by atoms with Gasteiger partial charge in [-0.15, -0.1) is 0 Å². The lowest BCUT2D eigenvalue weighted by Crippen LogP contribution is -2.12. The number of hydrogen-bond donors (Lipinski definition) is 4. The van der Waals surface area contributed by atoms with Crippen molar-refractivity contribution in [3.05, 3.63) is 76.7 Å². The molecule has 0 atom stereocenters. The second-order valence-electron chi connectivity index (χ2n) is 6.37. The molecule has 2 aromatic carbocycles. The van der Waals surface area contributed by atoms with Crippen LogP contribution in [0.2, 0.25) is 0 Å². The Balaban J connectivity index is 1.90. The Morgan fingerprint density at radius 2 is 1.89 bits per heavy atom. The molecule has 0 fully saturated rings. The number of nitrogens with one attached hydrogen (secondary N) is 2. The van der Waals surface area contributed by atoms with E-state index >= 15 is 0 Å². The Bertz CT molecular complexity index is 1020. The normalized spacial score (nSPS) is 10.5. The van der Waals surface area contributed by atoms with Crippen molar-refractivity contribution in [2.75, 3.05) is 23.8 Å². The Labute approximate surface area is 162 Å². The van der Waals surface area contributed by atoms with Crippen molar-refractivity contribution >= 4 is 22.9 Å². The number of ether oxygens (including phenoxy) is 1. The molecule has 0 radical (unpaired) electrons. The number of rotatable bonds is 6. The fourth-order valence-corrected chi connectivity index (χ4v) is 2.90. The summed E-state index contributed by atoms with van der Waals surface area (Å²) in [4.78, 5) is 4.17. The highest BCUT2D eigenvalue weighted by molar-refractivity contribution is 6.17. The van der Waals surface area contributed by atoms with Crippen molar-refractivity contribution in [3.8, 4) is 5.75 Å². The zero-order valence-electron chi connectivity index (χ0n) is 15.7. The molecule has 1 aromatic heterocycles. The molecule has 7 heteroatoms. The van der Waals surface area contributed by atoms with E-state index in [1.54, 1.807) is 43.6 Å². The number of anilines is 3. The van der Waals surface area contributed by atoms with Gasteiger partial charge in [-0.05, 0) is 42.3 Å². The molecular formula is C21H22FN5O. The Morgan fingerprint density at radius 1 is 1.18 bits per heavy atom. The maximum atomic E-state index is 13.0. The third-order valence-electron chi connectivity index (χ3n) is 4.41. The topological polar surface area (TPSA) is 110 Å². The van der Waals surface area contributed by atoms with Crippen LogP contribution in [0.4, 0.5) is 21.6 Å². The minimum Gasteiger partial charge on any atom is -0.487 e. The molecule has 0 aliphatic carbocycles. The van der Waals surface area contributed by atoms with Crippen LogP contribution in [0.15, 0.2) is 48.7 Å². The highest BCUT2D eigenvalue weighted by Gasteiger charge is 2.17. The fraction of sp³-hybridized carbons (Fsp3) is 0.143. The maximum absolute atomic E-state index is 13.0. The summed E-state index contributed by atoms with van der Waals surface area (Å²) in [6.07, 6.45) is 1.66. The summed E-state index contributed by atoms with van der Waals surface area (Å²) < 4.78 is 18.8. The van der Waals surface area contributed by atoms with Gasteiger partial charge in [-0.25, -0.2) is 9.37 Å². The molecular weight excluding hydrogens is 357 g/mol. The van der Waals surface area contributed by atoms with Crippen LogP contribution in [0.1, 0.15) is 22.3 Å². The summed E-state index contributed by atoms with van der Waals surface area (Å²) in [7, 11) is 1.78. The standard InChI is InChI=1S/C21H22FN5O/c1-12-10-27-21(25)18(20(12)26-2)19(24)14-5-8-16(23)17(9-14)28-11-13-3-6-15(22)7-4-13/h3-10,24H,11,23H2,1-2H3,(H3,25,26,27). The van der Waals surface area contributed by atoms with Crippen LogP contribution in [-0.2, 0) is 6.61 Å². The summed E-state index contributed by atoms with van der Waals surface area (Å²) in [6.45, 7) is 2.13. The molecule has 3 aromatic rings. The van der Waals surface area contributed by atoms with Crippen LogP contribution in [0, 0.1) is 18.2 Å². The van der Waals surface area contributed by atoms with E-state index in [1.807, 2.05) is 6.92 Å². The van der Waals surface area contributed by atoms with Crippen LogP contribution < -0.4 is 21.5 Å². The van der Waals surface area contributed by atoms with E-state index in [1.165, 1.54) is 12.1 Å². The third-order valence-corrected chi connectivity index (χ3v) is 4.41. The maximum Gasteiger partial charge on any atom is 0.143 e. The first kappa shape index (κ1) is 19.2. The summed E-state index contributed by atoms with van der Waals surface area (Å²) >= 11 is 0. The minimum atomic E-state index is -0.302. The number of nitrogens with zero attached hydrogens (tertiary/aromatic N) is 1. The van der Waals surface area contributed by atoms with E-state index in [0.29, 0.717) is 22.6 Å². The highest BCUT2D eigenvalue weighted by atomic mass is 19.1. The van der Waals surface area contributed by atoms with Crippen molar-refractivity contribution in [1.82, 2.24) is 4.98 Å². The summed E-state index contributed by atoms with van der Waals surface area (Å²) in [5.41, 5.74) is 16.3.